The molecule has 3 fully saturated rings. The third-order valence-corrected chi connectivity index (χ3v) is 5.45. The van der Waals surface area contributed by atoms with Gasteiger partial charge in [-0.25, -0.2) is 0 Å². The van der Waals surface area contributed by atoms with Gasteiger partial charge < -0.3 is 25.3 Å². The van der Waals surface area contributed by atoms with Gasteiger partial charge in [0.1, 0.15) is 11.9 Å². The van der Waals surface area contributed by atoms with E-state index < -0.39 is 0 Å². The standard InChI is InChI=1S/C19H26N2O4/c20-14-5-8-24-19(11-14)9-13(10-19)18(22)21-15-1-3-16(4-2-15)25-17-6-7-23-12-17/h1-4,13-14,17H,5-12,20H2,(H,21,22). The van der Waals surface area contributed by atoms with Gasteiger partial charge in [0.15, 0.2) is 0 Å². The van der Waals surface area contributed by atoms with Crippen LogP contribution in [0.1, 0.15) is 32.1 Å². The highest BCUT2D eigenvalue weighted by Crippen LogP contribution is 2.46. The molecule has 6 nitrogen and oxygen atoms in total. The van der Waals surface area contributed by atoms with E-state index in [1.54, 1.807) is 0 Å². The fraction of sp³-hybridized carbons (Fsp3) is 0.632. The van der Waals surface area contributed by atoms with Gasteiger partial charge in [-0.3, -0.25) is 4.79 Å². The van der Waals surface area contributed by atoms with E-state index in [0.29, 0.717) is 13.2 Å². The molecule has 0 bridgehead atoms. The van der Waals surface area contributed by atoms with Crippen LogP contribution < -0.4 is 15.8 Å². The van der Waals surface area contributed by atoms with E-state index in [-0.39, 0.29) is 29.6 Å². The Balaban J connectivity index is 1.27. The monoisotopic (exact) mass is 346 g/mol. The Labute approximate surface area is 148 Å². The number of rotatable bonds is 4. The SMILES string of the molecule is NC1CCOC2(C1)CC(C(=O)Nc1ccc(OC3CCOC3)cc1)C2. The molecule has 2 atom stereocenters. The largest absolute Gasteiger partial charge is 0.488 e. The molecule has 6 heteroatoms. The molecule has 3 N–H and O–H groups in total. The average molecular weight is 346 g/mol. The fourth-order valence-corrected chi connectivity index (χ4v) is 4.03. The Kier molecular flexibility index (Phi) is 4.67. The number of nitrogens with one attached hydrogen (secondary N) is 1. The lowest BCUT2D eigenvalue weighted by molar-refractivity contribution is -0.166. The summed E-state index contributed by atoms with van der Waals surface area (Å²) in [7, 11) is 0. The normalized spacial score (nSPS) is 34.5. The number of carbonyl (C=O) groups excluding carboxylic acids is 1. The van der Waals surface area contributed by atoms with E-state index in [0.717, 1.165) is 50.1 Å². The van der Waals surface area contributed by atoms with Crippen LogP contribution in [0.25, 0.3) is 0 Å². The Morgan fingerprint density at radius 2 is 1.96 bits per heavy atom. The molecule has 136 valence electrons. The summed E-state index contributed by atoms with van der Waals surface area (Å²) >= 11 is 0. The van der Waals surface area contributed by atoms with Crippen molar-refractivity contribution in [2.45, 2.75) is 49.9 Å². The van der Waals surface area contributed by atoms with Crippen molar-refractivity contribution in [3.05, 3.63) is 24.3 Å². The van der Waals surface area contributed by atoms with Crippen LogP contribution in [0.3, 0.4) is 0 Å². The highest BCUT2D eigenvalue weighted by Gasteiger charge is 2.50. The number of anilines is 1. The van der Waals surface area contributed by atoms with Crippen molar-refractivity contribution >= 4 is 11.6 Å². The smallest absolute Gasteiger partial charge is 0.227 e. The zero-order valence-electron chi connectivity index (χ0n) is 14.4. The van der Waals surface area contributed by atoms with Crippen LogP contribution in [0, 0.1) is 5.92 Å². The summed E-state index contributed by atoms with van der Waals surface area (Å²) in [6.07, 6.45) is 4.39. The van der Waals surface area contributed by atoms with Crippen molar-refractivity contribution in [3.63, 3.8) is 0 Å². The third-order valence-electron chi connectivity index (χ3n) is 5.45. The maximum Gasteiger partial charge on any atom is 0.227 e. The minimum Gasteiger partial charge on any atom is -0.488 e. The maximum atomic E-state index is 12.4. The molecule has 4 rings (SSSR count). The van der Waals surface area contributed by atoms with Crippen LogP contribution in [0.4, 0.5) is 5.69 Å². The Morgan fingerprint density at radius 3 is 2.64 bits per heavy atom. The van der Waals surface area contributed by atoms with Crippen molar-refractivity contribution in [2.24, 2.45) is 11.7 Å². The van der Waals surface area contributed by atoms with E-state index in [1.807, 2.05) is 24.3 Å². The summed E-state index contributed by atoms with van der Waals surface area (Å²) in [6.45, 7) is 2.12. The van der Waals surface area contributed by atoms with Crippen LogP contribution in [-0.4, -0.2) is 43.5 Å². The van der Waals surface area contributed by atoms with Gasteiger partial charge in [-0.2, -0.15) is 0 Å². The number of amides is 1. The van der Waals surface area contributed by atoms with Gasteiger partial charge >= 0.3 is 0 Å². The van der Waals surface area contributed by atoms with Crippen molar-refractivity contribution in [3.8, 4) is 5.75 Å². The van der Waals surface area contributed by atoms with Crippen molar-refractivity contribution in [2.75, 3.05) is 25.1 Å². The van der Waals surface area contributed by atoms with Crippen LogP contribution in [-0.2, 0) is 14.3 Å². The second kappa shape index (κ2) is 6.94. The lowest BCUT2D eigenvalue weighted by atomic mass is 9.66. The van der Waals surface area contributed by atoms with Gasteiger partial charge in [0.2, 0.25) is 5.91 Å². The predicted octanol–water partition coefficient (Wildman–Crippen LogP) is 2.08. The topological polar surface area (TPSA) is 82.8 Å². The molecule has 1 aliphatic carbocycles. The molecular formula is C19H26N2O4. The van der Waals surface area contributed by atoms with Gasteiger partial charge in [0, 0.05) is 30.7 Å². The summed E-state index contributed by atoms with van der Waals surface area (Å²) in [5.74, 6) is 0.879. The number of nitrogens with two attached hydrogens (primary N) is 1. The fourth-order valence-electron chi connectivity index (χ4n) is 4.03. The molecule has 25 heavy (non-hydrogen) atoms. The highest BCUT2D eigenvalue weighted by molar-refractivity contribution is 5.93. The van der Waals surface area contributed by atoms with E-state index in [1.165, 1.54) is 0 Å². The molecule has 0 radical (unpaired) electrons. The van der Waals surface area contributed by atoms with E-state index >= 15 is 0 Å². The quantitative estimate of drug-likeness (QED) is 0.872. The summed E-state index contributed by atoms with van der Waals surface area (Å²) in [4.78, 5) is 12.4. The van der Waals surface area contributed by atoms with Crippen LogP contribution in [0.15, 0.2) is 24.3 Å². The molecule has 2 saturated heterocycles. The molecule has 2 unspecified atom stereocenters. The number of hydrogen-bond acceptors (Lipinski definition) is 5. The lowest BCUT2D eigenvalue weighted by Crippen LogP contribution is -2.55. The second-order valence-electron chi connectivity index (χ2n) is 7.51. The Morgan fingerprint density at radius 1 is 1.16 bits per heavy atom. The zero-order chi connectivity index (χ0) is 17.3. The van der Waals surface area contributed by atoms with E-state index in [9.17, 15) is 4.79 Å². The summed E-state index contributed by atoms with van der Waals surface area (Å²) in [6, 6.07) is 7.74. The highest BCUT2D eigenvalue weighted by atomic mass is 16.5. The first-order valence-corrected chi connectivity index (χ1v) is 9.17. The summed E-state index contributed by atoms with van der Waals surface area (Å²) in [5.41, 5.74) is 6.68. The lowest BCUT2D eigenvalue weighted by Gasteiger charge is -2.50. The molecule has 1 aromatic carbocycles. The summed E-state index contributed by atoms with van der Waals surface area (Å²) in [5, 5.41) is 2.99. The van der Waals surface area contributed by atoms with E-state index in [4.69, 9.17) is 19.9 Å². The molecule has 2 heterocycles. The number of hydrogen-bond donors (Lipinski definition) is 2. The van der Waals surface area contributed by atoms with Gasteiger partial charge in [0.25, 0.3) is 0 Å². The number of ether oxygens (including phenoxy) is 3. The molecule has 1 aromatic rings. The van der Waals surface area contributed by atoms with Gasteiger partial charge in [-0.1, -0.05) is 0 Å². The molecule has 1 spiro atoms. The molecule has 2 aliphatic heterocycles. The average Bonchev–Trinajstić information content (AvgIpc) is 3.07. The molecule has 3 aliphatic rings. The molecular weight excluding hydrogens is 320 g/mol. The summed E-state index contributed by atoms with van der Waals surface area (Å²) < 4.78 is 17.0. The zero-order valence-corrected chi connectivity index (χ0v) is 14.4. The maximum absolute atomic E-state index is 12.4. The first kappa shape index (κ1) is 16.8. The minimum absolute atomic E-state index is 0.0110. The van der Waals surface area contributed by atoms with Gasteiger partial charge in [-0.15, -0.1) is 0 Å². The second-order valence-corrected chi connectivity index (χ2v) is 7.51. The van der Waals surface area contributed by atoms with Crippen LogP contribution in [0.5, 0.6) is 5.75 Å². The number of benzene rings is 1. The third kappa shape index (κ3) is 3.81. The first-order chi connectivity index (χ1) is 12.1. The van der Waals surface area contributed by atoms with Gasteiger partial charge in [-0.05, 0) is 49.9 Å². The first-order valence-electron chi connectivity index (χ1n) is 9.17. The minimum atomic E-state index is -0.152. The van der Waals surface area contributed by atoms with Crippen molar-refractivity contribution in [1.29, 1.82) is 0 Å². The van der Waals surface area contributed by atoms with Crippen LogP contribution >= 0.6 is 0 Å². The van der Waals surface area contributed by atoms with Gasteiger partial charge in [0.05, 0.1) is 18.8 Å². The van der Waals surface area contributed by atoms with Crippen molar-refractivity contribution < 1.29 is 19.0 Å². The molecule has 1 saturated carbocycles. The number of carbonyl (C=O) groups is 1. The Hall–Kier alpha value is -1.63. The predicted molar refractivity (Wildman–Crippen MR) is 93.5 cm³/mol. The Bertz CT molecular complexity index is 606. The van der Waals surface area contributed by atoms with Crippen molar-refractivity contribution in [1.82, 2.24) is 0 Å². The van der Waals surface area contributed by atoms with Crippen LogP contribution in [0.2, 0.25) is 0 Å². The molecule has 0 aromatic heterocycles. The van der Waals surface area contributed by atoms with E-state index in [2.05, 4.69) is 5.32 Å². The molecule has 1 amide bonds.